The summed E-state index contributed by atoms with van der Waals surface area (Å²) in [6.07, 6.45) is 2.99. The van der Waals surface area contributed by atoms with Gasteiger partial charge in [-0.25, -0.2) is 0 Å². The molecule has 3 nitrogen and oxygen atoms in total. The number of nitrogens with zero attached hydrogens (tertiary/aromatic N) is 2. The highest BCUT2D eigenvalue weighted by atomic mass is 16.2. The molecule has 0 atom stereocenters. The second-order valence-electron chi connectivity index (χ2n) is 7.04. The molecule has 0 aromatic rings. The van der Waals surface area contributed by atoms with Crippen LogP contribution in [0.15, 0.2) is 0 Å². The second kappa shape index (κ2) is 6.74. The Kier molecular flexibility index (Phi) is 5.84. The molecule has 0 aromatic heterocycles. The van der Waals surface area contributed by atoms with E-state index >= 15 is 0 Å². The van der Waals surface area contributed by atoms with Crippen molar-refractivity contribution in [2.45, 2.75) is 59.4 Å². The molecule has 0 aromatic carbocycles. The van der Waals surface area contributed by atoms with Crippen molar-refractivity contribution in [1.82, 2.24) is 9.80 Å². The van der Waals surface area contributed by atoms with Gasteiger partial charge in [-0.05, 0) is 45.6 Å². The van der Waals surface area contributed by atoms with Gasteiger partial charge < -0.3 is 9.80 Å². The number of piperidine rings is 1. The smallest absolute Gasteiger partial charge is 0.223 e. The summed E-state index contributed by atoms with van der Waals surface area (Å²) in [4.78, 5) is 16.6. The third-order valence-corrected chi connectivity index (χ3v) is 5.19. The zero-order chi connectivity index (χ0) is 14.6. The largest absolute Gasteiger partial charge is 0.343 e. The molecule has 0 aliphatic carbocycles. The summed E-state index contributed by atoms with van der Waals surface area (Å²) in [5.74, 6) is 1.70. The van der Waals surface area contributed by atoms with Gasteiger partial charge in [0.05, 0.1) is 0 Å². The van der Waals surface area contributed by atoms with E-state index in [4.69, 9.17) is 0 Å². The van der Waals surface area contributed by atoms with E-state index in [0.29, 0.717) is 18.2 Å². The van der Waals surface area contributed by atoms with Crippen molar-refractivity contribution in [3.63, 3.8) is 0 Å². The van der Waals surface area contributed by atoms with Crippen molar-refractivity contribution in [2.75, 3.05) is 26.7 Å². The maximum absolute atomic E-state index is 12.2. The first-order valence-corrected chi connectivity index (χ1v) is 7.74. The minimum absolute atomic E-state index is 0.149. The summed E-state index contributed by atoms with van der Waals surface area (Å²) in [6, 6.07) is 0. The minimum Gasteiger partial charge on any atom is -0.343 e. The monoisotopic (exact) mass is 268 g/mol. The maximum atomic E-state index is 12.2. The first-order chi connectivity index (χ1) is 8.75. The lowest BCUT2D eigenvalue weighted by molar-refractivity contribution is -0.133. The lowest BCUT2D eigenvalue weighted by Crippen LogP contribution is -2.47. The molecule has 1 aliphatic rings. The van der Waals surface area contributed by atoms with E-state index in [1.54, 1.807) is 0 Å². The number of hydrogen-bond donors (Lipinski definition) is 0. The van der Waals surface area contributed by atoms with E-state index in [1.165, 1.54) is 12.8 Å². The van der Waals surface area contributed by atoms with Crippen LogP contribution in [0.5, 0.6) is 0 Å². The molecule has 3 heteroatoms. The Morgan fingerprint density at radius 2 is 1.84 bits per heavy atom. The van der Waals surface area contributed by atoms with Crippen LogP contribution in [0.4, 0.5) is 0 Å². The fraction of sp³-hybridized carbons (Fsp3) is 0.938. The molecule has 1 aliphatic heterocycles. The molecule has 1 saturated heterocycles. The van der Waals surface area contributed by atoms with Crippen molar-refractivity contribution < 1.29 is 4.79 Å². The Balaban J connectivity index is 2.38. The van der Waals surface area contributed by atoms with Gasteiger partial charge in [0.25, 0.3) is 0 Å². The van der Waals surface area contributed by atoms with Crippen LogP contribution >= 0.6 is 0 Å². The van der Waals surface area contributed by atoms with Crippen molar-refractivity contribution >= 4 is 5.91 Å². The van der Waals surface area contributed by atoms with Gasteiger partial charge in [-0.2, -0.15) is 0 Å². The van der Waals surface area contributed by atoms with Crippen molar-refractivity contribution in [3.05, 3.63) is 0 Å². The second-order valence-corrected chi connectivity index (χ2v) is 7.04. The van der Waals surface area contributed by atoms with Crippen LogP contribution in [0.2, 0.25) is 0 Å². The Labute approximate surface area is 119 Å². The molecule has 0 unspecified atom stereocenters. The number of rotatable bonds is 5. The number of hydrogen-bond acceptors (Lipinski definition) is 2. The fourth-order valence-corrected chi connectivity index (χ4v) is 2.41. The van der Waals surface area contributed by atoms with Crippen LogP contribution < -0.4 is 0 Å². The lowest BCUT2D eigenvalue weighted by Gasteiger charge is -2.39. The summed E-state index contributed by atoms with van der Waals surface area (Å²) in [5, 5.41) is 0. The topological polar surface area (TPSA) is 23.6 Å². The van der Waals surface area contributed by atoms with E-state index in [2.05, 4.69) is 51.5 Å². The molecule has 1 heterocycles. The zero-order valence-corrected chi connectivity index (χ0v) is 13.7. The van der Waals surface area contributed by atoms with Gasteiger partial charge in [0.1, 0.15) is 0 Å². The van der Waals surface area contributed by atoms with Crippen LogP contribution in [0.1, 0.15) is 53.9 Å². The summed E-state index contributed by atoms with van der Waals surface area (Å²) < 4.78 is 0. The molecular formula is C16H32N2O. The Morgan fingerprint density at radius 3 is 2.32 bits per heavy atom. The molecule has 0 bridgehead atoms. The lowest BCUT2D eigenvalue weighted by atomic mass is 9.89. The van der Waals surface area contributed by atoms with Crippen LogP contribution in [-0.4, -0.2) is 47.9 Å². The first-order valence-electron chi connectivity index (χ1n) is 7.74. The van der Waals surface area contributed by atoms with E-state index in [0.717, 1.165) is 25.6 Å². The molecule has 1 rings (SSSR count). The number of amides is 1. The number of likely N-dealkylation sites (tertiary alicyclic amines) is 1. The van der Waals surface area contributed by atoms with E-state index < -0.39 is 0 Å². The molecule has 0 spiro atoms. The van der Waals surface area contributed by atoms with E-state index in [9.17, 15) is 4.79 Å². The molecule has 1 amide bonds. The van der Waals surface area contributed by atoms with Gasteiger partial charge in [0.15, 0.2) is 0 Å². The molecule has 19 heavy (non-hydrogen) atoms. The highest BCUT2D eigenvalue weighted by Crippen LogP contribution is 2.23. The van der Waals surface area contributed by atoms with Crippen LogP contribution in [0, 0.1) is 11.8 Å². The first kappa shape index (κ1) is 16.5. The Morgan fingerprint density at radius 1 is 1.32 bits per heavy atom. The maximum Gasteiger partial charge on any atom is 0.223 e. The summed E-state index contributed by atoms with van der Waals surface area (Å²) in [5.41, 5.74) is 0.149. The van der Waals surface area contributed by atoms with Gasteiger partial charge in [-0.3, -0.25) is 4.79 Å². The molecule has 112 valence electrons. The van der Waals surface area contributed by atoms with Gasteiger partial charge >= 0.3 is 0 Å². The van der Waals surface area contributed by atoms with Gasteiger partial charge in [-0.1, -0.05) is 20.8 Å². The summed E-state index contributed by atoms with van der Waals surface area (Å²) in [7, 11) is 2.13. The standard InChI is InChI=1S/C16H32N2O/c1-13(2)16(4,5)17(6)10-9-15(19)18-11-7-14(3)8-12-18/h13-14H,7-12H2,1-6H3. The predicted octanol–water partition coefficient (Wildman–Crippen LogP) is 3.00. The highest BCUT2D eigenvalue weighted by Gasteiger charge is 2.28. The van der Waals surface area contributed by atoms with Crippen LogP contribution in [0.25, 0.3) is 0 Å². The molecule has 0 N–H and O–H groups in total. The van der Waals surface area contributed by atoms with Crippen LogP contribution in [-0.2, 0) is 4.79 Å². The Bertz CT molecular complexity index is 291. The van der Waals surface area contributed by atoms with Crippen molar-refractivity contribution in [1.29, 1.82) is 0 Å². The molecular weight excluding hydrogens is 236 g/mol. The van der Waals surface area contributed by atoms with Gasteiger partial charge in [0, 0.05) is 31.6 Å². The average molecular weight is 268 g/mol. The van der Waals surface area contributed by atoms with Crippen LogP contribution in [0.3, 0.4) is 0 Å². The van der Waals surface area contributed by atoms with Gasteiger partial charge in [0.2, 0.25) is 5.91 Å². The summed E-state index contributed by atoms with van der Waals surface area (Å²) in [6.45, 7) is 14.0. The summed E-state index contributed by atoms with van der Waals surface area (Å²) >= 11 is 0. The van der Waals surface area contributed by atoms with Crippen molar-refractivity contribution in [3.8, 4) is 0 Å². The minimum atomic E-state index is 0.149. The quantitative estimate of drug-likeness (QED) is 0.765. The SMILES string of the molecule is CC1CCN(C(=O)CCN(C)C(C)(C)C(C)C)CC1. The zero-order valence-electron chi connectivity index (χ0n) is 13.7. The fourth-order valence-electron chi connectivity index (χ4n) is 2.41. The normalized spacial score (nSPS) is 18.4. The van der Waals surface area contributed by atoms with E-state index in [-0.39, 0.29) is 5.54 Å². The molecule has 0 saturated carbocycles. The molecule has 1 fully saturated rings. The predicted molar refractivity (Wildman–Crippen MR) is 81.1 cm³/mol. The highest BCUT2D eigenvalue weighted by molar-refractivity contribution is 5.76. The van der Waals surface area contributed by atoms with Crippen molar-refractivity contribution in [2.24, 2.45) is 11.8 Å². The Hall–Kier alpha value is -0.570. The third-order valence-electron chi connectivity index (χ3n) is 5.19. The number of carbonyl (C=O) groups is 1. The molecule has 0 radical (unpaired) electrons. The van der Waals surface area contributed by atoms with E-state index in [1.807, 2.05) is 0 Å². The third kappa shape index (κ3) is 4.48. The van der Waals surface area contributed by atoms with Gasteiger partial charge in [-0.15, -0.1) is 0 Å². The average Bonchev–Trinajstić information content (AvgIpc) is 2.36. The number of carbonyl (C=O) groups excluding carboxylic acids is 1.